The predicted octanol–water partition coefficient (Wildman–Crippen LogP) is 4.87. The van der Waals surface area contributed by atoms with Gasteiger partial charge in [-0.05, 0) is 12.8 Å². The van der Waals surface area contributed by atoms with Crippen molar-refractivity contribution in [2.75, 3.05) is 26.4 Å². The molecule has 0 amide bonds. The number of carbonyl (C=O) groups is 2. The largest absolute Gasteiger partial charge is 0.462 e. The van der Waals surface area contributed by atoms with E-state index in [2.05, 4.69) is 13.8 Å². The highest BCUT2D eigenvalue weighted by Gasteiger charge is 2.47. The Hall–Kier alpha value is -1.50. The maximum Gasteiger partial charge on any atom is 0.306 e. The summed E-state index contributed by atoms with van der Waals surface area (Å²) in [6.07, 6.45) is 10.6. The lowest BCUT2D eigenvalue weighted by Crippen LogP contribution is -2.61. The van der Waals surface area contributed by atoms with Crippen molar-refractivity contribution in [1.29, 1.82) is 0 Å². The third-order valence-corrected chi connectivity index (χ3v) is 11.3. The number of esters is 2. The molecule has 0 aliphatic carbocycles. The molecule has 11 unspecified atom stereocenters. The van der Waals surface area contributed by atoms with Crippen molar-refractivity contribution in [3.05, 3.63) is 0 Å². The van der Waals surface area contributed by atoms with Gasteiger partial charge in [0.2, 0.25) is 0 Å². The van der Waals surface area contributed by atoms with E-state index in [0.717, 1.165) is 44.9 Å². The highest BCUT2D eigenvalue weighted by molar-refractivity contribution is 5.70. The predicted molar refractivity (Wildman–Crippen MR) is 220 cm³/mol. The normalized spacial score (nSPS) is 27.7. The first-order chi connectivity index (χ1) is 28.5. The van der Waals surface area contributed by atoms with E-state index >= 15 is 0 Å². The van der Waals surface area contributed by atoms with Crippen molar-refractivity contribution in [2.24, 2.45) is 0 Å². The number of unbranched alkanes of at least 4 members (excludes halogenated alkanes) is 21. The third kappa shape index (κ3) is 22.4. The fraction of sp³-hybridized carbons (Fsp3) is 0.955. The van der Waals surface area contributed by atoms with Crippen LogP contribution >= 0.6 is 0 Å². The average Bonchev–Trinajstić information content (AvgIpc) is 3.23. The summed E-state index contributed by atoms with van der Waals surface area (Å²) in [6.45, 7) is 2.49. The van der Waals surface area contributed by atoms with E-state index in [1.165, 1.54) is 89.9 Å². The number of hydrogen-bond donors (Lipinski definition) is 7. The molecule has 0 aromatic heterocycles. The summed E-state index contributed by atoms with van der Waals surface area (Å²) in [6, 6.07) is 0. The second-order valence-electron chi connectivity index (χ2n) is 16.6. The van der Waals surface area contributed by atoms with Crippen molar-refractivity contribution in [2.45, 2.75) is 242 Å². The van der Waals surface area contributed by atoms with Crippen LogP contribution in [0, 0.1) is 0 Å². The van der Waals surface area contributed by atoms with Crippen LogP contribution in [0.25, 0.3) is 0 Å². The second kappa shape index (κ2) is 33.1. The maximum atomic E-state index is 12.9. The Labute approximate surface area is 353 Å². The minimum Gasteiger partial charge on any atom is -0.462 e. The standard InChI is InChI=1S/C44H82O15/c1-3-5-7-9-10-11-12-13-14-15-16-17-18-19-20-21-23-25-27-36(47)57-32(29-54-35(46)26-24-22-8-6-4-2)30-55-43-42(53)40(51)38(49)34(59-43)31-56-44-41(52)39(50)37(48)33(28-45)58-44/h32-34,37-45,48-53H,3-31H2,1-2H3. The number of rotatable bonds is 35. The second-order valence-corrected chi connectivity index (χ2v) is 16.6. The van der Waals surface area contributed by atoms with Crippen molar-refractivity contribution in [3.8, 4) is 0 Å². The number of hydrogen-bond acceptors (Lipinski definition) is 15. The van der Waals surface area contributed by atoms with Gasteiger partial charge >= 0.3 is 11.9 Å². The SMILES string of the molecule is CCCCCCCCCCCCCCCCCCCCC(=O)OC(COC(=O)CCCCCCC)COC1OC(COC2OC(CO)C(O)C(O)C2O)C(O)C(O)C1O. The molecule has 2 saturated heterocycles. The molecule has 2 aliphatic rings. The zero-order valence-corrected chi connectivity index (χ0v) is 36.3. The molecule has 15 heteroatoms. The van der Waals surface area contributed by atoms with Gasteiger partial charge in [0.25, 0.3) is 0 Å². The van der Waals surface area contributed by atoms with Crippen LogP contribution in [0.4, 0.5) is 0 Å². The van der Waals surface area contributed by atoms with E-state index < -0.39 is 92.7 Å². The molecule has 2 fully saturated rings. The highest BCUT2D eigenvalue weighted by Crippen LogP contribution is 2.26. The summed E-state index contributed by atoms with van der Waals surface area (Å²) in [5.41, 5.74) is 0. The van der Waals surface area contributed by atoms with Crippen molar-refractivity contribution >= 4 is 11.9 Å². The molecular formula is C44H82O15. The van der Waals surface area contributed by atoms with Gasteiger partial charge in [-0.15, -0.1) is 0 Å². The third-order valence-electron chi connectivity index (χ3n) is 11.3. The Morgan fingerprint density at radius 1 is 0.475 bits per heavy atom. The van der Waals surface area contributed by atoms with E-state index in [-0.39, 0.29) is 26.1 Å². The van der Waals surface area contributed by atoms with Gasteiger partial charge in [-0.25, -0.2) is 0 Å². The summed E-state index contributed by atoms with van der Waals surface area (Å²) in [7, 11) is 0. The fourth-order valence-electron chi connectivity index (χ4n) is 7.45. The van der Waals surface area contributed by atoms with Gasteiger partial charge in [0.05, 0.1) is 19.8 Å². The molecule has 0 bridgehead atoms. The Morgan fingerprint density at radius 3 is 1.32 bits per heavy atom. The van der Waals surface area contributed by atoms with Gasteiger partial charge in [0.15, 0.2) is 18.7 Å². The van der Waals surface area contributed by atoms with Crippen LogP contribution in [0.2, 0.25) is 0 Å². The number of aliphatic hydroxyl groups excluding tert-OH is 7. The van der Waals surface area contributed by atoms with Crippen LogP contribution in [0.5, 0.6) is 0 Å². The lowest BCUT2D eigenvalue weighted by molar-refractivity contribution is -0.332. The first-order valence-electron chi connectivity index (χ1n) is 23.1. The van der Waals surface area contributed by atoms with E-state index in [1.807, 2.05) is 0 Å². The van der Waals surface area contributed by atoms with Gasteiger partial charge in [-0.1, -0.05) is 149 Å². The lowest BCUT2D eigenvalue weighted by Gasteiger charge is -2.42. The smallest absolute Gasteiger partial charge is 0.306 e. The summed E-state index contributed by atoms with van der Waals surface area (Å²) < 4.78 is 33.3. The molecule has 0 aromatic carbocycles. The highest BCUT2D eigenvalue weighted by atomic mass is 16.7. The lowest BCUT2D eigenvalue weighted by atomic mass is 9.98. The minimum absolute atomic E-state index is 0.172. The molecule has 0 spiro atoms. The van der Waals surface area contributed by atoms with E-state index in [4.69, 9.17) is 28.4 Å². The summed E-state index contributed by atoms with van der Waals surface area (Å²) >= 11 is 0. The van der Waals surface area contributed by atoms with Crippen LogP contribution in [0.3, 0.4) is 0 Å². The maximum absolute atomic E-state index is 12.9. The van der Waals surface area contributed by atoms with Gasteiger partial charge in [-0.2, -0.15) is 0 Å². The Bertz CT molecular complexity index is 1050. The molecule has 2 aliphatic heterocycles. The summed E-state index contributed by atoms with van der Waals surface area (Å²) in [4.78, 5) is 25.4. The van der Waals surface area contributed by atoms with Crippen LogP contribution in [-0.2, 0) is 38.0 Å². The number of carbonyl (C=O) groups excluding carboxylic acids is 2. The monoisotopic (exact) mass is 851 g/mol. The zero-order valence-electron chi connectivity index (χ0n) is 36.3. The molecule has 0 saturated carbocycles. The fourth-order valence-corrected chi connectivity index (χ4v) is 7.45. The minimum atomic E-state index is -1.76. The van der Waals surface area contributed by atoms with Crippen molar-refractivity contribution in [1.82, 2.24) is 0 Å². The van der Waals surface area contributed by atoms with Gasteiger partial charge in [0, 0.05) is 12.8 Å². The van der Waals surface area contributed by atoms with Gasteiger partial charge < -0.3 is 64.2 Å². The Balaban J connectivity index is 1.77. The molecular weight excluding hydrogens is 768 g/mol. The molecule has 0 aromatic rings. The van der Waals surface area contributed by atoms with Gasteiger partial charge in [0.1, 0.15) is 55.4 Å². The van der Waals surface area contributed by atoms with E-state index in [0.29, 0.717) is 12.8 Å². The van der Waals surface area contributed by atoms with Crippen molar-refractivity contribution < 1.29 is 73.8 Å². The van der Waals surface area contributed by atoms with Crippen LogP contribution in [0.1, 0.15) is 174 Å². The Morgan fingerprint density at radius 2 is 0.864 bits per heavy atom. The molecule has 59 heavy (non-hydrogen) atoms. The molecule has 15 nitrogen and oxygen atoms in total. The quantitative estimate of drug-likeness (QED) is 0.0333. The summed E-state index contributed by atoms with van der Waals surface area (Å²) in [5.74, 6) is -0.930. The number of aliphatic hydroxyl groups is 7. The summed E-state index contributed by atoms with van der Waals surface area (Å²) in [5, 5.41) is 71.7. The first kappa shape index (κ1) is 53.6. The zero-order chi connectivity index (χ0) is 43.3. The van der Waals surface area contributed by atoms with Gasteiger partial charge in [-0.3, -0.25) is 9.59 Å². The Kier molecular flexibility index (Phi) is 30.1. The van der Waals surface area contributed by atoms with Crippen LogP contribution in [0.15, 0.2) is 0 Å². The van der Waals surface area contributed by atoms with Crippen molar-refractivity contribution in [3.63, 3.8) is 0 Å². The van der Waals surface area contributed by atoms with Crippen LogP contribution < -0.4 is 0 Å². The topological polar surface area (TPSA) is 231 Å². The first-order valence-corrected chi connectivity index (χ1v) is 23.1. The molecule has 0 radical (unpaired) electrons. The van der Waals surface area contributed by atoms with Crippen LogP contribution in [-0.4, -0.2) is 142 Å². The molecule has 2 rings (SSSR count). The molecule has 2 heterocycles. The molecule has 11 atom stereocenters. The molecule has 348 valence electrons. The number of ether oxygens (including phenoxy) is 6. The van der Waals surface area contributed by atoms with E-state index in [9.17, 15) is 45.3 Å². The average molecular weight is 851 g/mol. The van der Waals surface area contributed by atoms with E-state index in [1.54, 1.807) is 0 Å². The molecule has 7 N–H and O–H groups in total.